The molecule has 0 bridgehead atoms. The van der Waals surface area contributed by atoms with Crippen molar-refractivity contribution in [1.82, 2.24) is 20.8 Å². The molecule has 0 aliphatic rings. The molecule has 0 spiro atoms. The van der Waals surface area contributed by atoms with Gasteiger partial charge in [0.15, 0.2) is 0 Å². The van der Waals surface area contributed by atoms with Gasteiger partial charge in [0, 0.05) is 23.2 Å². The second kappa shape index (κ2) is 5.74. The number of anilines is 2. The van der Waals surface area contributed by atoms with E-state index in [1.165, 1.54) is 0 Å². The lowest BCUT2D eigenvalue weighted by molar-refractivity contribution is 0.905. The third kappa shape index (κ3) is 4.87. The predicted molar refractivity (Wildman–Crippen MR) is 69.9 cm³/mol. The predicted octanol–water partition coefficient (Wildman–Crippen LogP) is 1.69. The molecule has 0 radical (unpaired) electrons. The number of nitrogens with one attached hydrogen (secondary N) is 4. The van der Waals surface area contributed by atoms with Gasteiger partial charge in [-0.1, -0.05) is 13.2 Å². The Balaban J connectivity index is 2.71. The van der Waals surface area contributed by atoms with Crippen LogP contribution in [0.2, 0.25) is 0 Å². The first-order valence-electron chi connectivity index (χ1n) is 5.18. The average Bonchev–Trinajstić information content (AvgIpc) is 2.23. The minimum Gasteiger partial charge on any atom is -0.305 e. The molecule has 0 saturated heterocycles. The molecule has 92 valence electrons. The highest BCUT2D eigenvalue weighted by molar-refractivity contribution is 5.41. The lowest BCUT2D eigenvalue weighted by Gasteiger charge is -2.12. The minimum atomic E-state index is 0.471. The van der Waals surface area contributed by atoms with Crippen molar-refractivity contribution in [3.05, 3.63) is 36.3 Å². The highest BCUT2D eigenvalue weighted by Gasteiger charge is 2.01. The molecule has 4 N–H and O–H groups in total. The van der Waals surface area contributed by atoms with Crippen molar-refractivity contribution in [2.75, 3.05) is 10.9 Å². The van der Waals surface area contributed by atoms with Gasteiger partial charge in [-0.05, 0) is 20.8 Å². The van der Waals surface area contributed by atoms with Crippen molar-refractivity contribution in [3.8, 4) is 0 Å². The van der Waals surface area contributed by atoms with Crippen molar-refractivity contribution in [1.29, 1.82) is 0 Å². The maximum atomic E-state index is 4.24. The van der Waals surface area contributed by atoms with Gasteiger partial charge in [-0.25, -0.2) is 4.98 Å². The zero-order valence-corrected chi connectivity index (χ0v) is 10.4. The second-order valence-electron chi connectivity index (χ2n) is 3.78. The van der Waals surface area contributed by atoms with Crippen molar-refractivity contribution in [2.45, 2.75) is 20.8 Å². The molecule has 0 saturated carbocycles. The van der Waals surface area contributed by atoms with E-state index in [1.54, 1.807) is 0 Å². The van der Waals surface area contributed by atoms with E-state index in [9.17, 15) is 0 Å². The first kappa shape index (κ1) is 12.8. The van der Waals surface area contributed by atoms with Gasteiger partial charge in [0.1, 0.15) is 5.82 Å². The average molecular weight is 234 g/mol. The third-order valence-corrected chi connectivity index (χ3v) is 1.65. The largest absolute Gasteiger partial charge is 0.305 e. The first-order chi connectivity index (χ1) is 7.97. The van der Waals surface area contributed by atoms with E-state index >= 15 is 0 Å². The summed E-state index contributed by atoms with van der Waals surface area (Å²) in [6, 6.07) is 1.82. The van der Waals surface area contributed by atoms with Crippen LogP contribution in [0.1, 0.15) is 19.5 Å². The number of hydrogen-bond acceptors (Lipinski definition) is 6. The van der Waals surface area contributed by atoms with Gasteiger partial charge in [-0.3, -0.25) is 10.9 Å². The number of allylic oxidation sites excluding steroid dienone is 2. The fraction of sp³-hybridized carbons (Fsp3) is 0.273. The van der Waals surface area contributed by atoms with Gasteiger partial charge in [0.05, 0.1) is 0 Å². The second-order valence-corrected chi connectivity index (χ2v) is 3.78. The number of hydrogen-bond donors (Lipinski definition) is 4. The number of nitrogens with zero attached hydrogens (tertiary/aromatic N) is 2. The molecule has 0 aromatic carbocycles. The molecule has 17 heavy (non-hydrogen) atoms. The normalized spacial score (nSPS) is 9.35. The maximum absolute atomic E-state index is 4.24. The molecular formula is C11H18N6. The van der Waals surface area contributed by atoms with Crippen LogP contribution in [-0.2, 0) is 0 Å². The fourth-order valence-corrected chi connectivity index (χ4v) is 1.02. The van der Waals surface area contributed by atoms with Gasteiger partial charge in [-0.2, -0.15) is 4.98 Å². The molecule has 1 heterocycles. The summed E-state index contributed by atoms with van der Waals surface area (Å²) in [5.41, 5.74) is 13.9. The molecule has 0 atom stereocenters. The maximum Gasteiger partial charge on any atom is 0.243 e. The van der Waals surface area contributed by atoms with Gasteiger partial charge >= 0.3 is 0 Å². The van der Waals surface area contributed by atoms with E-state index in [-0.39, 0.29) is 0 Å². The summed E-state index contributed by atoms with van der Waals surface area (Å²) < 4.78 is 0. The van der Waals surface area contributed by atoms with Crippen LogP contribution in [0.15, 0.2) is 30.6 Å². The zero-order chi connectivity index (χ0) is 12.8. The summed E-state index contributed by atoms with van der Waals surface area (Å²) in [6.45, 7) is 13.0. The van der Waals surface area contributed by atoms with Crippen molar-refractivity contribution >= 4 is 11.8 Å². The summed E-state index contributed by atoms with van der Waals surface area (Å²) in [5, 5.41) is 0. The molecule has 0 amide bonds. The summed E-state index contributed by atoms with van der Waals surface area (Å²) in [5.74, 6) is 1.13. The third-order valence-electron chi connectivity index (χ3n) is 1.65. The molecule has 0 fully saturated rings. The van der Waals surface area contributed by atoms with E-state index in [4.69, 9.17) is 0 Å². The summed E-state index contributed by atoms with van der Waals surface area (Å²) in [6.07, 6.45) is 0. The molecule has 0 aliphatic heterocycles. The molecule has 1 aromatic rings. The Labute approximate surface area is 101 Å². The first-order valence-corrected chi connectivity index (χ1v) is 5.18. The van der Waals surface area contributed by atoms with Crippen LogP contribution in [-0.4, -0.2) is 9.97 Å². The molecular weight excluding hydrogens is 216 g/mol. The Morgan fingerprint density at radius 2 is 1.65 bits per heavy atom. The lowest BCUT2D eigenvalue weighted by Crippen LogP contribution is -2.23. The molecule has 1 rings (SSSR count). The summed E-state index contributed by atoms with van der Waals surface area (Å²) in [7, 11) is 0. The Bertz CT molecular complexity index is 390. The molecule has 0 unspecified atom stereocenters. The Hall–Kier alpha value is -2.24. The smallest absolute Gasteiger partial charge is 0.243 e. The van der Waals surface area contributed by atoms with Crippen LogP contribution in [0.5, 0.6) is 0 Å². The summed E-state index contributed by atoms with van der Waals surface area (Å²) in [4.78, 5) is 8.45. The van der Waals surface area contributed by atoms with Crippen molar-refractivity contribution in [3.63, 3.8) is 0 Å². The highest BCUT2D eigenvalue weighted by atomic mass is 15.4. The number of rotatable bonds is 6. The van der Waals surface area contributed by atoms with Crippen LogP contribution in [0.3, 0.4) is 0 Å². The quantitative estimate of drug-likeness (QED) is 0.561. The van der Waals surface area contributed by atoms with Gasteiger partial charge in [0.25, 0.3) is 0 Å². The minimum absolute atomic E-state index is 0.471. The monoisotopic (exact) mass is 234 g/mol. The van der Waals surface area contributed by atoms with Gasteiger partial charge < -0.3 is 10.9 Å². The van der Waals surface area contributed by atoms with Crippen molar-refractivity contribution in [2.24, 2.45) is 0 Å². The van der Waals surface area contributed by atoms with Gasteiger partial charge in [-0.15, -0.1) is 0 Å². The number of aryl methyl sites for hydroxylation is 1. The van der Waals surface area contributed by atoms with Crippen LogP contribution in [0.4, 0.5) is 11.8 Å². The van der Waals surface area contributed by atoms with Crippen LogP contribution in [0.25, 0.3) is 0 Å². The highest BCUT2D eigenvalue weighted by Crippen LogP contribution is 2.08. The van der Waals surface area contributed by atoms with Crippen LogP contribution < -0.4 is 21.7 Å². The van der Waals surface area contributed by atoms with E-state index < -0.39 is 0 Å². The summed E-state index contributed by atoms with van der Waals surface area (Å²) >= 11 is 0. The van der Waals surface area contributed by atoms with Crippen LogP contribution >= 0.6 is 0 Å². The number of hydrazine groups is 2. The molecule has 1 aromatic heterocycles. The van der Waals surface area contributed by atoms with E-state index in [1.807, 2.05) is 26.8 Å². The molecule has 6 nitrogen and oxygen atoms in total. The Kier molecular flexibility index (Phi) is 4.33. The van der Waals surface area contributed by atoms with E-state index in [0.717, 1.165) is 17.1 Å². The lowest BCUT2D eigenvalue weighted by atomic mass is 10.4. The Morgan fingerprint density at radius 1 is 1.06 bits per heavy atom. The topological polar surface area (TPSA) is 73.9 Å². The van der Waals surface area contributed by atoms with Crippen molar-refractivity contribution < 1.29 is 0 Å². The molecule has 0 aliphatic carbocycles. The van der Waals surface area contributed by atoms with Crippen LogP contribution in [0, 0.1) is 6.92 Å². The van der Waals surface area contributed by atoms with E-state index in [2.05, 4.69) is 44.8 Å². The molecule has 6 heteroatoms. The standard InChI is InChI=1S/C11H18N6/c1-7(2)14-16-10-6-9(5)12-11(13-10)17-15-8(3)4/h6,14-15H,1,3H2,2,4-5H3,(H2,12,13,16,17). The Morgan fingerprint density at radius 3 is 2.24 bits per heavy atom. The van der Waals surface area contributed by atoms with Gasteiger partial charge in [0.2, 0.25) is 5.95 Å². The zero-order valence-electron chi connectivity index (χ0n) is 10.4. The SMILES string of the molecule is C=C(C)NNc1cc(C)nc(NNC(=C)C)n1. The number of aromatic nitrogens is 2. The van der Waals surface area contributed by atoms with E-state index in [0.29, 0.717) is 11.8 Å². The fourth-order valence-electron chi connectivity index (χ4n) is 1.02.